The minimum atomic E-state index is 0.000980. The maximum atomic E-state index is 9.73. The Balaban J connectivity index is 2.04. The number of aliphatic hydroxyl groups is 1. The first-order chi connectivity index (χ1) is 9.71. The molecular weight excluding hydrogens is 320 g/mol. The van der Waals surface area contributed by atoms with E-state index in [0.29, 0.717) is 0 Å². The van der Waals surface area contributed by atoms with Crippen molar-refractivity contribution in [1.29, 1.82) is 0 Å². The second kappa shape index (κ2) is 7.22. The summed E-state index contributed by atoms with van der Waals surface area (Å²) in [6, 6.07) is 0. The molecule has 1 heterocycles. The maximum Gasteiger partial charge on any atom is 0.145 e. The zero-order chi connectivity index (χ0) is 14.4. The smallest absolute Gasteiger partial charge is 0.145 e. The third-order valence-electron chi connectivity index (χ3n) is 4.01. The van der Waals surface area contributed by atoms with Gasteiger partial charge in [0.2, 0.25) is 0 Å². The Morgan fingerprint density at radius 3 is 2.45 bits per heavy atom. The molecule has 3 N–H and O–H groups in total. The van der Waals surface area contributed by atoms with E-state index in [4.69, 9.17) is 0 Å². The molecule has 2 rings (SSSR count). The van der Waals surface area contributed by atoms with Crippen molar-refractivity contribution in [2.75, 3.05) is 30.3 Å². The van der Waals surface area contributed by atoms with Crippen LogP contribution in [0, 0.1) is 5.41 Å². The largest absolute Gasteiger partial charge is 0.396 e. The van der Waals surface area contributed by atoms with Crippen molar-refractivity contribution in [2.45, 2.75) is 39.0 Å². The molecular formula is C14H23BrN4O. The molecule has 1 aromatic rings. The molecule has 0 spiro atoms. The number of rotatable bonds is 6. The molecule has 112 valence electrons. The first-order valence-corrected chi connectivity index (χ1v) is 8.09. The monoisotopic (exact) mass is 342 g/mol. The number of aromatic nitrogens is 2. The van der Waals surface area contributed by atoms with Crippen molar-refractivity contribution in [3.63, 3.8) is 0 Å². The van der Waals surface area contributed by atoms with E-state index in [0.717, 1.165) is 42.0 Å². The van der Waals surface area contributed by atoms with Crippen LogP contribution in [-0.2, 0) is 0 Å². The number of anilines is 2. The van der Waals surface area contributed by atoms with Gasteiger partial charge in [0.15, 0.2) is 0 Å². The average molecular weight is 343 g/mol. The van der Waals surface area contributed by atoms with E-state index in [9.17, 15) is 5.11 Å². The third-order valence-corrected chi connectivity index (χ3v) is 4.77. The summed E-state index contributed by atoms with van der Waals surface area (Å²) in [6.07, 6.45) is 7.41. The molecule has 1 aromatic heterocycles. The fourth-order valence-electron chi connectivity index (χ4n) is 2.75. The summed E-state index contributed by atoms with van der Waals surface area (Å²) in [7, 11) is 0. The van der Waals surface area contributed by atoms with Gasteiger partial charge < -0.3 is 15.7 Å². The summed E-state index contributed by atoms with van der Waals surface area (Å²) < 4.78 is 0.853. The molecule has 6 heteroatoms. The molecule has 1 aliphatic rings. The summed E-state index contributed by atoms with van der Waals surface area (Å²) in [5.74, 6) is 1.58. The van der Waals surface area contributed by atoms with E-state index < -0.39 is 0 Å². The standard InChI is InChI=1S/C14H23BrN4O/c1-2-16-12-11(15)13(19-10-18-12)17-8-14(9-20)6-4-3-5-7-14/h10,20H,2-9H2,1H3,(H2,16,17,18,19). The fourth-order valence-corrected chi connectivity index (χ4v) is 3.23. The molecule has 0 radical (unpaired) electrons. The van der Waals surface area contributed by atoms with Gasteiger partial charge >= 0.3 is 0 Å². The van der Waals surface area contributed by atoms with Crippen LogP contribution in [0.1, 0.15) is 39.0 Å². The molecule has 0 amide bonds. The van der Waals surface area contributed by atoms with Gasteiger partial charge in [0.05, 0.1) is 6.61 Å². The average Bonchev–Trinajstić information content (AvgIpc) is 2.49. The van der Waals surface area contributed by atoms with Crippen LogP contribution in [0.2, 0.25) is 0 Å². The van der Waals surface area contributed by atoms with Crippen molar-refractivity contribution in [3.05, 3.63) is 10.8 Å². The van der Waals surface area contributed by atoms with Crippen LogP contribution in [0.5, 0.6) is 0 Å². The van der Waals surface area contributed by atoms with Crippen molar-refractivity contribution in [2.24, 2.45) is 5.41 Å². The Morgan fingerprint density at radius 1 is 1.20 bits per heavy atom. The van der Waals surface area contributed by atoms with E-state index in [2.05, 4.69) is 36.5 Å². The highest BCUT2D eigenvalue weighted by Crippen LogP contribution is 2.36. The highest BCUT2D eigenvalue weighted by molar-refractivity contribution is 9.10. The topological polar surface area (TPSA) is 70.1 Å². The Bertz CT molecular complexity index is 435. The zero-order valence-electron chi connectivity index (χ0n) is 12.0. The molecule has 0 bridgehead atoms. The predicted octanol–water partition coefficient (Wildman–Crippen LogP) is 3.03. The molecule has 1 aliphatic carbocycles. The molecule has 0 aromatic carbocycles. The van der Waals surface area contributed by atoms with E-state index in [1.807, 2.05) is 6.92 Å². The number of hydrogen-bond acceptors (Lipinski definition) is 5. The highest BCUT2D eigenvalue weighted by Gasteiger charge is 2.31. The predicted molar refractivity (Wildman–Crippen MR) is 85.0 cm³/mol. The van der Waals surface area contributed by atoms with Crippen molar-refractivity contribution in [1.82, 2.24) is 9.97 Å². The molecule has 1 fully saturated rings. The van der Waals surface area contributed by atoms with Crippen molar-refractivity contribution < 1.29 is 5.11 Å². The van der Waals surface area contributed by atoms with Gasteiger partial charge in [0.25, 0.3) is 0 Å². The maximum absolute atomic E-state index is 9.73. The summed E-state index contributed by atoms with van der Waals surface area (Å²) >= 11 is 3.53. The normalized spacial score (nSPS) is 17.8. The first-order valence-electron chi connectivity index (χ1n) is 7.30. The van der Waals surface area contributed by atoms with E-state index in [1.165, 1.54) is 19.3 Å². The van der Waals surface area contributed by atoms with Gasteiger partial charge in [-0.3, -0.25) is 0 Å². The Hall–Kier alpha value is -0.880. The molecule has 1 saturated carbocycles. The summed E-state index contributed by atoms with van der Waals surface area (Å²) in [4.78, 5) is 8.48. The summed E-state index contributed by atoms with van der Waals surface area (Å²) in [5, 5.41) is 16.3. The number of nitrogens with zero attached hydrogens (tertiary/aromatic N) is 2. The van der Waals surface area contributed by atoms with Gasteiger partial charge in [0, 0.05) is 18.5 Å². The van der Waals surface area contributed by atoms with E-state index >= 15 is 0 Å². The van der Waals surface area contributed by atoms with Crippen molar-refractivity contribution >= 4 is 27.6 Å². The van der Waals surface area contributed by atoms with Gasteiger partial charge in [-0.15, -0.1) is 0 Å². The number of aliphatic hydroxyl groups excluding tert-OH is 1. The fraction of sp³-hybridized carbons (Fsp3) is 0.714. The molecule has 0 saturated heterocycles. The lowest BCUT2D eigenvalue weighted by atomic mass is 9.74. The Morgan fingerprint density at radius 2 is 1.85 bits per heavy atom. The highest BCUT2D eigenvalue weighted by atomic mass is 79.9. The van der Waals surface area contributed by atoms with Crippen LogP contribution in [-0.4, -0.2) is 34.8 Å². The SMILES string of the molecule is CCNc1ncnc(NCC2(CO)CCCCC2)c1Br. The summed E-state index contributed by atoms with van der Waals surface area (Å²) in [6.45, 7) is 3.84. The number of hydrogen-bond donors (Lipinski definition) is 3. The van der Waals surface area contributed by atoms with Gasteiger partial charge in [-0.25, -0.2) is 9.97 Å². The van der Waals surface area contributed by atoms with E-state index in [1.54, 1.807) is 6.33 Å². The lowest BCUT2D eigenvalue weighted by Gasteiger charge is -2.35. The van der Waals surface area contributed by atoms with Gasteiger partial charge in [-0.1, -0.05) is 19.3 Å². The second-order valence-electron chi connectivity index (χ2n) is 5.49. The van der Waals surface area contributed by atoms with Crippen LogP contribution in [0.4, 0.5) is 11.6 Å². The second-order valence-corrected chi connectivity index (χ2v) is 6.28. The Kier molecular flexibility index (Phi) is 5.60. The first kappa shape index (κ1) is 15.5. The number of nitrogens with one attached hydrogen (secondary N) is 2. The molecule has 0 unspecified atom stereocenters. The summed E-state index contributed by atoms with van der Waals surface area (Å²) in [5.41, 5.74) is 0.000980. The molecule has 5 nitrogen and oxygen atoms in total. The quantitative estimate of drug-likeness (QED) is 0.741. The van der Waals surface area contributed by atoms with Crippen LogP contribution in [0.15, 0.2) is 10.8 Å². The minimum absolute atomic E-state index is 0.000980. The van der Waals surface area contributed by atoms with Gasteiger partial charge in [-0.2, -0.15) is 0 Å². The lowest BCUT2D eigenvalue weighted by Crippen LogP contribution is -2.35. The Labute approximate surface area is 128 Å². The van der Waals surface area contributed by atoms with Crippen LogP contribution in [0.25, 0.3) is 0 Å². The molecule has 0 aliphatic heterocycles. The molecule has 0 atom stereocenters. The van der Waals surface area contributed by atoms with Crippen molar-refractivity contribution in [3.8, 4) is 0 Å². The zero-order valence-corrected chi connectivity index (χ0v) is 13.5. The number of halogens is 1. The van der Waals surface area contributed by atoms with Crippen LogP contribution in [0.3, 0.4) is 0 Å². The van der Waals surface area contributed by atoms with E-state index in [-0.39, 0.29) is 12.0 Å². The van der Waals surface area contributed by atoms with Gasteiger partial charge in [-0.05, 0) is 35.7 Å². The van der Waals surface area contributed by atoms with Gasteiger partial charge in [0.1, 0.15) is 22.4 Å². The molecule has 20 heavy (non-hydrogen) atoms. The lowest BCUT2D eigenvalue weighted by molar-refractivity contribution is 0.0943. The van der Waals surface area contributed by atoms with Crippen LogP contribution < -0.4 is 10.6 Å². The third kappa shape index (κ3) is 3.61. The minimum Gasteiger partial charge on any atom is -0.396 e. The van der Waals surface area contributed by atoms with Crippen LogP contribution >= 0.6 is 15.9 Å².